The van der Waals surface area contributed by atoms with Crippen LogP contribution in [0.2, 0.25) is 0 Å². The molecule has 2 rings (SSSR count). The molecule has 0 spiro atoms. The summed E-state index contributed by atoms with van der Waals surface area (Å²) in [4.78, 5) is 14.0. The third-order valence-corrected chi connectivity index (χ3v) is 3.65. The predicted octanol–water partition coefficient (Wildman–Crippen LogP) is 1.60. The first-order valence-corrected chi connectivity index (χ1v) is 7.46. The van der Waals surface area contributed by atoms with E-state index in [0.717, 1.165) is 18.8 Å². The van der Waals surface area contributed by atoms with E-state index in [4.69, 9.17) is 15.2 Å². The van der Waals surface area contributed by atoms with Crippen LogP contribution in [0.1, 0.15) is 20.8 Å². The maximum atomic E-state index is 11.7. The van der Waals surface area contributed by atoms with Gasteiger partial charge in [0, 0.05) is 24.8 Å². The number of anilines is 2. The molecule has 1 aliphatic heterocycles. The molecule has 3 N–H and O–H groups in total. The second kappa shape index (κ2) is 6.54. The van der Waals surface area contributed by atoms with Crippen LogP contribution < -0.4 is 20.7 Å². The highest BCUT2D eigenvalue weighted by Gasteiger charge is 2.27. The molecular formula is C16H25N3O3. The van der Waals surface area contributed by atoms with Gasteiger partial charge in [0.15, 0.2) is 0 Å². The highest BCUT2D eigenvalue weighted by molar-refractivity contribution is 5.96. The van der Waals surface area contributed by atoms with Crippen LogP contribution in [-0.2, 0) is 9.53 Å². The number of nitrogens with one attached hydrogen (secondary N) is 1. The number of hydrogen-bond acceptors (Lipinski definition) is 5. The lowest BCUT2D eigenvalue weighted by molar-refractivity contribution is -0.117. The molecule has 1 fully saturated rings. The number of benzene rings is 1. The van der Waals surface area contributed by atoms with Gasteiger partial charge >= 0.3 is 0 Å². The van der Waals surface area contributed by atoms with Gasteiger partial charge in [-0.2, -0.15) is 0 Å². The summed E-state index contributed by atoms with van der Waals surface area (Å²) >= 11 is 0. The minimum Gasteiger partial charge on any atom is -0.494 e. The van der Waals surface area contributed by atoms with E-state index in [2.05, 4.69) is 24.1 Å². The van der Waals surface area contributed by atoms with Gasteiger partial charge in [0.05, 0.1) is 31.0 Å². The molecule has 0 aromatic heterocycles. The Balaban J connectivity index is 2.20. The topological polar surface area (TPSA) is 76.8 Å². The lowest BCUT2D eigenvalue weighted by Crippen LogP contribution is -2.48. The lowest BCUT2D eigenvalue weighted by Gasteiger charge is -2.39. The van der Waals surface area contributed by atoms with E-state index in [0.29, 0.717) is 18.0 Å². The summed E-state index contributed by atoms with van der Waals surface area (Å²) in [5, 5.41) is 2.78. The molecule has 1 unspecified atom stereocenters. The van der Waals surface area contributed by atoms with E-state index in [-0.39, 0.29) is 11.5 Å². The van der Waals surface area contributed by atoms with Gasteiger partial charge in [-0.25, -0.2) is 0 Å². The monoisotopic (exact) mass is 307 g/mol. The molecular weight excluding hydrogens is 282 g/mol. The van der Waals surface area contributed by atoms with E-state index in [1.807, 2.05) is 18.2 Å². The summed E-state index contributed by atoms with van der Waals surface area (Å²) in [6.45, 7) is 8.13. The van der Waals surface area contributed by atoms with Crippen LogP contribution >= 0.6 is 0 Å². The molecule has 0 radical (unpaired) electrons. The molecule has 22 heavy (non-hydrogen) atoms. The number of carbonyl (C=O) groups is 1. The maximum absolute atomic E-state index is 11.7. The van der Waals surface area contributed by atoms with Crippen molar-refractivity contribution in [2.75, 3.05) is 37.0 Å². The van der Waals surface area contributed by atoms with Crippen LogP contribution in [0.5, 0.6) is 5.75 Å². The van der Waals surface area contributed by atoms with Crippen molar-refractivity contribution in [3.8, 4) is 5.75 Å². The Bertz CT molecular complexity index is 543. The van der Waals surface area contributed by atoms with Crippen LogP contribution in [0.25, 0.3) is 0 Å². The van der Waals surface area contributed by atoms with Crippen LogP contribution in [0.4, 0.5) is 11.4 Å². The van der Waals surface area contributed by atoms with Crippen molar-refractivity contribution in [2.45, 2.75) is 32.4 Å². The fourth-order valence-electron chi connectivity index (χ4n) is 2.46. The molecule has 1 aromatic carbocycles. The van der Waals surface area contributed by atoms with E-state index < -0.39 is 6.04 Å². The first-order valence-electron chi connectivity index (χ1n) is 7.46. The van der Waals surface area contributed by atoms with Gasteiger partial charge in [-0.15, -0.1) is 0 Å². The van der Waals surface area contributed by atoms with Crippen molar-refractivity contribution >= 4 is 17.3 Å². The molecule has 0 saturated carbocycles. The molecule has 1 heterocycles. The number of hydrogen-bond donors (Lipinski definition) is 2. The van der Waals surface area contributed by atoms with Gasteiger partial charge < -0.3 is 25.4 Å². The number of methoxy groups -OCH3 is 1. The zero-order valence-electron chi connectivity index (χ0n) is 13.7. The van der Waals surface area contributed by atoms with Crippen molar-refractivity contribution in [1.82, 2.24) is 0 Å². The number of amides is 1. The Morgan fingerprint density at radius 2 is 2.23 bits per heavy atom. The number of carbonyl (C=O) groups excluding carboxylic acids is 1. The summed E-state index contributed by atoms with van der Waals surface area (Å²) in [6.07, 6.45) is 0. The second-order valence-corrected chi connectivity index (χ2v) is 6.19. The van der Waals surface area contributed by atoms with E-state index in [1.165, 1.54) is 0 Å². The number of rotatable bonds is 4. The molecule has 122 valence electrons. The summed E-state index contributed by atoms with van der Waals surface area (Å²) in [5.41, 5.74) is 7.08. The van der Waals surface area contributed by atoms with Gasteiger partial charge in [-0.3, -0.25) is 4.79 Å². The average molecular weight is 307 g/mol. The average Bonchev–Trinajstić information content (AvgIpc) is 2.46. The van der Waals surface area contributed by atoms with E-state index in [9.17, 15) is 4.79 Å². The van der Waals surface area contributed by atoms with E-state index in [1.54, 1.807) is 14.0 Å². The van der Waals surface area contributed by atoms with Crippen molar-refractivity contribution < 1.29 is 14.3 Å². The van der Waals surface area contributed by atoms with Crippen LogP contribution in [-0.4, -0.2) is 44.4 Å². The normalized spacial score (nSPS) is 18.7. The number of nitrogens with zero attached hydrogens (tertiary/aromatic N) is 1. The van der Waals surface area contributed by atoms with E-state index >= 15 is 0 Å². The number of morpholine rings is 1. The van der Waals surface area contributed by atoms with Gasteiger partial charge in [0.25, 0.3) is 0 Å². The van der Waals surface area contributed by atoms with Gasteiger partial charge in [0.1, 0.15) is 5.75 Å². The highest BCUT2D eigenvalue weighted by atomic mass is 16.5. The van der Waals surface area contributed by atoms with Crippen molar-refractivity contribution in [1.29, 1.82) is 0 Å². The molecule has 6 nitrogen and oxygen atoms in total. The predicted molar refractivity (Wildman–Crippen MR) is 87.5 cm³/mol. The third-order valence-electron chi connectivity index (χ3n) is 3.65. The summed E-state index contributed by atoms with van der Waals surface area (Å²) < 4.78 is 11.1. The minimum atomic E-state index is -0.565. The second-order valence-electron chi connectivity index (χ2n) is 6.19. The lowest BCUT2D eigenvalue weighted by atomic mass is 10.1. The fourth-order valence-corrected chi connectivity index (χ4v) is 2.46. The molecule has 6 heteroatoms. The number of ether oxygens (including phenoxy) is 2. The molecule has 0 aliphatic carbocycles. The summed E-state index contributed by atoms with van der Waals surface area (Å²) in [5.74, 6) is 0.384. The zero-order chi connectivity index (χ0) is 16.3. The van der Waals surface area contributed by atoms with Crippen LogP contribution in [0.15, 0.2) is 18.2 Å². The summed E-state index contributed by atoms with van der Waals surface area (Å²) in [6, 6.07) is 5.18. The van der Waals surface area contributed by atoms with Crippen molar-refractivity contribution in [3.63, 3.8) is 0 Å². The molecule has 1 saturated heterocycles. The maximum Gasteiger partial charge on any atom is 0.241 e. The smallest absolute Gasteiger partial charge is 0.241 e. The first kappa shape index (κ1) is 16.6. The Kier molecular flexibility index (Phi) is 4.93. The molecule has 0 bridgehead atoms. The standard InChI is InChI=1S/C16H25N3O3/c1-11(17)15(20)18-13-6-5-12(9-14(13)21-4)19-7-8-22-16(2,3)10-19/h5-6,9,11H,7-8,10,17H2,1-4H3,(H,18,20). The van der Waals surface area contributed by atoms with Gasteiger partial charge in [-0.05, 0) is 32.9 Å². The minimum absolute atomic E-state index is 0.173. The first-order chi connectivity index (χ1) is 10.3. The Morgan fingerprint density at radius 3 is 2.82 bits per heavy atom. The Morgan fingerprint density at radius 1 is 1.50 bits per heavy atom. The largest absolute Gasteiger partial charge is 0.494 e. The van der Waals surface area contributed by atoms with Gasteiger partial charge in [-0.1, -0.05) is 0 Å². The molecule has 1 aliphatic rings. The quantitative estimate of drug-likeness (QED) is 0.883. The molecule has 1 amide bonds. The fraction of sp³-hybridized carbons (Fsp3) is 0.562. The molecule has 1 atom stereocenters. The van der Waals surface area contributed by atoms with Crippen LogP contribution in [0, 0.1) is 0 Å². The zero-order valence-corrected chi connectivity index (χ0v) is 13.7. The van der Waals surface area contributed by atoms with Gasteiger partial charge in [0.2, 0.25) is 5.91 Å². The number of nitrogens with two attached hydrogens (primary N) is 1. The Hall–Kier alpha value is -1.79. The SMILES string of the molecule is COc1cc(N2CCOC(C)(C)C2)ccc1NC(=O)C(C)N. The van der Waals surface area contributed by atoms with Crippen molar-refractivity contribution in [3.05, 3.63) is 18.2 Å². The summed E-state index contributed by atoms with van der Waals surface area (Å²) in [7, 11) is 1.59. The third kappa shape index (κ3) is 3.90. The van der Waals surface area contributed by atoms with Crippen molar-refractivity contribution in [2.24, 2.45) is 5.73 Å². The highest BCUT2D eigenvalue weighted by Crippen LogP contribution is 2.31. The van der Waals surface area contributed by atoms with Crippen LogP contribution in [0.3, 0.4) is 0 Å². The molecule has 1 aromatic rings. The Labute approximate surface area is 131 Å².